The van der Waals surface area contributed by atoms with Crippen molar-refractivity contribution in [1.82, 2.24) is 15.3 Å². The molecule has 0 saturated heterocycles. The monoisotopic (exact) mass is 326 g/mol. The summed E-state index contributed by atoms with van der Waals surface area (Å²) < 4.78 is 11.0. The Kier molecular flexibility index (Phi) is 4.60. The fourth-order valence-corrected chi connectivity index (χ4v) is 2.25. The molecule has 1 aliphatic rings. The summed E-state index contributed by atoms with van der Waals surface area (Å²) in [5.74, 6) is 1.45. The van der Waals surface area contributed by atoms with Crippen LogP contribution in [0.1, 0.15) is 16.2 Å². The minimum absolute atomic E-state index is 0.273. The molecule has 1 aromatic heterocycles. The van der Waals surface area contributed by atoms with Crippen molar-refractivity contribution < 1.29 is 14.3 Å². The molecule has 0 aliphatic carbocycles. The number of ether oxygens (including phenoxy) is 2. The summed E-state index contributed by atoms with van der Waals surface area (Å²) in [5.41, 5.74) is 1.74. The molecule has 0 fully saturated rings. The fraction of sp³-hybridized carbons (Fsp3) is 0.235. The Bertz CT molecular complexity index is 776. The Labute approximate surface area is 139 Å². The summed E-state index contributed by atoms with van der Waals surface area (Å²) >= 11 is 0. The van der Waals surface area contributed by atoms with Gasteiger partial charge in [0.1, 0.15) is 18.9 Å². The smallest absolute Gasteiger partial charge is 0.270 e. The summed E-state index contributed by atoms with van der Waals surface area (Å²) in [6, 6.07) is 7.12. The molecule has 2 N–H and O–H groups in total. The van der Waals surface area contributed by atoms with Crippen molar-refractivity contribution in [3.63, 3.8) is 0 Å². The molecule has 1 aliphatic heterocycles. The van der Waals surface area contributed by atoms with E-state index in [-0.39, 0.29) is 5.91 Å². The first-order valence-electron chi connectivity index (χ1n) is 7.57. The van der Waals surface area contributed by atoms with Gasteiger partial charge in [0.05, 0.1) is 0 Å². The number of amides is 1. The molecule has 0 spiro atoms. The van der Waals surface area contributed by atoms with Crippen LogP contribution >= 0.6 is 0 Å². The van der Waals surface area contributed by atoms with Crippen LogP contribution in [-0.2, 0) is 0 Å². The van der Waals surface area contributed by atoms with Crippen LogP contribution in [-0.4, -0.2) is 35.6 Å². The number of hydrogen-bond donors (Lipinski definition) is 2. The van der Waals surface area contributed by atoms with Crippen LogP contribution in [0.25, 0.3) is 0 Å². The van der Waals surface area contributed by atoms with Gasteiger partial charge in [-0.25, -0.2) is 9.97 Å². The topological polar surface area (TPSA) is 85.4 Å². The second-order valence-electron chi connectivity index (χ2n) is 5.20. The average Bonchev–Trinajstić information content (AvgIpc) is 2.59. The molecule has 7 heteroatoms. The van der Waals surface area contributed by atoms with Gasteiger partial charge in [0.25, 0.3) is 5.91 Å². The highest BCUT2D eigenvalue weighted by Crippen LogP contribution is 2.33. The number of carbonyl (C=O) groups excluding carboxylic acids is 1. The lowest BCUT2D eigenvalue weighted by Crippen LogP contribution is -2.24. The van der Waals surface area contributed by atoms with E-state index in [4.69, 9.17) is 9.47 Å². The molecule has 24 heavy (non-hydrogen) atoms. The molecule has 124 valence electrons. The maximum absolute atomic E-state index is 12.0. The molecule has 0 unspecified atom stereocenters. The molecule has 3 rings (SSSR count). The molecule has 1 amide bonds. The van der Waals surface area contributed by atoms with Crippen LogP contribution in [0, 0.1) is 6.92 Å². The third-order valence-electron chi connectivity index (χ3n) is 3.29. The second-order valence-corrected chi connectivity index (χ2v) is 5.20. The lowest BCUT2D eigenvalue weighted by Gasteiger charge is -2.19. The maximum atomic E-state index is 12.0. The standard InChI is InChI=1S/C17H18N4O3/c1-3-6-18-16(22)13-9-11(2)19-17(21-13)20-12-4-5-14-15(10-12)24-8-7-23-14/h3-5,9-10H,1,6-8H2,2H3,(H,18,22)(H,19,20,21). The number of benzene rings is 1. The molecule has 2 heterocycles. The molecule has 0 saturated carbocycles. The number of nitrogens with one attached hydrogen (secondary N) is 2. The molecule has 0 bridgehead atoms. The van der Waals surface area contributed by atoms with Gasteiger partial charge >= 0.3 is 0 Å². The van der Waals surface area contributed by atoms with Gasteiger partial charge in [-0.15, -0.1) is 6.58 Å². The van der Waals surface area contributed by atoms with E-state index in [1.165, 1.54) is 0 Å². The van der Waals surface area contributed by atoms with Crippen molar-refractivity contribution in [2.45, 2.75) is 6.92 Å². The van der Waals surface area contributed by atoms with Crippen LogP contribution in [0.5, 0.6) is 11.5 Å². The van der Waals surface area contributed by atoms with Gasteiger partial charge in [0, 0.05) is 24.0 Å². The molecule has 2 aromatic rings. The van der Waals surface area contributed by atoms with E-state index in [1.807, 2.05) is 18.2 Å². The molecule has 7 nitrogen and oxygen atoms in total. The number of nitrogens with zero attached hydrogens (tertiary/aromatic N) is 2. The van der Waals surface area contributed by atoms with E-state index in [9.17, 15) is 4.79 Å². The highest BCUT2D eigenvalue weighted by molar-refractivity contribution is 5.92. The summed E-state index contributed by atoms with van der Waals surface area (Å²) in [6.07, 6.45) is 1.61. The van der Waals surface area contributed by atoms with E-state index in [1.54, 1.807) is 19.1 Å². The Morgan fingerprint density at radius 1 is 1.25 bits per heavy atom. The Hall–Kier alpha value is -3.09. The van der Waals surface area contributed by atoms with E-state index in [0.29, 0.717) is 48.6 Å². The average molecular weight is 326 g/mol. The molecule has 0 radical (unpaired) electrons. The van der Waals surface area contributed by atoms with Gasteiger partial charge in [-0.1, -0.05) is 6.08 Å². The number of aromatic nitrogens is 2. The normalized spacial score (nSPS) is 12.4. The van der Waals surface area contributed by atoms with Crippen molar-refractivity contribution in [3.05, 3.63) is 48.3 Å². The fourth-order valence-electron chi connectivity index (χ4n) is 2.25. The highest BCUT2D eigenvalue weighted by Gasteiger charge is 2.13. The number of hydrogen-bond acceptors (Lipinski definition) is 6. The van der Waals surface area contributed by atoms with Crippen molar-refractivity contribution in [1.29, 1.82) is 0 Å². The first-order valence-corrected chi connectivity index (χ1v) is 7.57. The van der Waals surface area contributed by atoms with Crippen molar-refractivity contribution >= 4 is 17.5 Å². The minimum atomic E-state index is -0.273. The summed E-state index contributed by atoms with van der Waals surface area (Å²) in [5, 5.41) is 5.78. The highest BCUT2D eigenvalue weighted by atomic mass is 16.6. The van der Waals surface area contributed by atoms with Crippen LogP contribution < -0.4 is 20.1 Å². The van der Waals surface area contributed by atoms with Crippen LogP contribution in [0.2, 0.25) is 0 Å². The lowest BCUT2D eigenvalue weighted by atomic mass is 10.2. The Morgan fingerprint density at radius 2 is 2.04 bits per heavy atom. The zero-order valence-electron chi connectivity index (χ0n) is 13.3. The predicted octanol–water partition coefficient (Wildman–Crippen LogP) is 2.22. The summed E-state index contributed by atoms with van der Waals surface area (Å²) in [7, 11) is 0. The van der Waals surface area contributed by atoms with Crippen LogP contribution in [0.15, 0.2) is 36.9 Å². The first kappa shape index (κ1) is 15.8. The third-order valence-corrected chi connectivity index (χ3v) is 3.29. The van der Waals surface area contributed by atoms with Crippen LogP contribution in [0.3, 0.4) is 0 Å². The van der Waals surface area contributed by atoms with Gasteiger partial charge in [0.15, 0.2) is 11.5 Å². The van der Waals surface area contributed by atoms with Crippen LogP contribution in [0.4, 0.5) is 11.6 Å². The summed E-state index contributed by atoms with van der Waals surface area (Å²) in [4.78, 5) is 20.6. The van der Waals surface area contributed by atoms with Gasteiger partial charge in [-0.2, -0.15) is 0 Å². The lowest BCUT2D eigenvalue weighted by molar-refractivity contribution is 0.0953. The maximum Gasteiger partial charge on any atom is 0.270 e. The van der Waals surface area contributed by atoms with Crippen molar-refractivity contribution in [2.75, 3.05) is 25.1 Å². The predicted molar refractivity (Wildman–Crippen MR) is 90.0 cm³/mol. The molecule has 1 aromatic carbocycles. The Balaban J connectivity index is 1.81. The SMILES string of the molecule is C=CCNC(=O)c1cc(C)nc(Nc2ccc3c(c2)OCCO3)n1. The third kappa shape index (κ3) is 3.62. The largest absolute Gasteiger partial charge is 0.486 e. The van der Waals surface area contributed by atoms with Crippen molar-refractivity contribution in [3.8, 4) is 11.5 Å². The number of aryl methyl sites for hydroxylation is 1. The molecular formula is C17H18N4O3. The van der Waals surface area contributed by atoms with E-state index in [0.717, 1.165) is 5.69 Å². The zero-order valence-corrected chi connectivity index (χ0v) is 13.3. The first-order chi connectivity index (χ1) is 11.7. The number of carbonyl (C=O) groups is 1. The molecular weight excluding hydrogens is 308 g/mol. The Morgan fingerprint density at radius 3 is 2.83 bits per heavy atom. The zero-order chi connectivity index (χ0) is 16.9. The summed E-state index contributed by atoms with van der Waals surface area (Å²) in [6.45, 7) is 6.82. The van der Waals surface area contributed by atoms with E-state index < -0.39 is 0 Å². The van der Waals surface area contributed by atoms with Gasteiger partial charge in [-0.3, -0.25) is 4.79 Å². The van der Waals surface area contributed by atoms with E-state index in [2.05, 4.69) is 27.2 Å². The quantitative estimate of drug-likeness (QED) is 0.820. The minimum Gasteiger partial charge on any atom is -0.486 e. The second kappa shape index (κ2) is 6.99. The van der Waals surface area contributed by atoms with Gasteiger partial charge < -0.3 is 20.1 Å². The molecule has 0 atom stereocenters. The van der Waals surface area contributed by atoms with E-state index >= 15 is 0 Å². The van der Waals surface area contributed by atoms with Gasteiger partial charge in [-0.05, 0) is 25.1 Å². The number of rotatable bonds is 5. The number of fused-ring (bicyclic) bond motifs is 1. The number of anilines is 2. The van der Waals surface area contributed by atoms with Gasteiger partial charge in [0.2, 0.25) is 5.95 Å². The van der Waals surface area contributed by atoms with Crippen molar-refractivity contribution in [2.24, 2.45) is 0 Å².